The summed E-state index contributed by atoms with van der Waals surface area (Å²) < 4.78 is 0. The predicted molar refractivity (Wildman–Crippen MR) is 56.3 cm³/mol. The van der Waals surface area contributed by atoms with Gasteiger partial charge in [0.2, 0.25) is 0 Å². The number of aryl methyl sites for hydroxylation is 1. The molecular formula is C11H12N2O. The van der Waals surface area contributed by atoms with Crippen molar-refractivity contribution in [1.82, 2.24) is 5.32 Å². The third-order valence-corrected chi connectivity index (χ3v) is 2.14. The SMILES string of the molecule is Cc1ccc(C2N=CC(O)=CN2)cc1. The van der Waals surface area contributed by atoms with Crippen LogP contribution in [0.15, 0.2) is 41.2 Å². The van der Waals surface area contributed by atoms with Gasteiger partial charge in [-0.2, -0.15) is 0 Å². The summed E-state index contributed by atoms with van der Waals surface area (Å²) >= 11 is 0. The second-order valence-corrected chi connectivity index (χ2v) is 3.33. The molecule has 0 saturated heterocycles. The van der Waals surface area contributed by atoms with Crippen LogP contribution in [0, 0.1) is 6.92 Å². The average molecular weight is 188 g/mol. The summed E-state index contributed by atoms with van der Waals surface area (Å²) in [6.07, 6.45) is 2.94. The first-order chi connectivity index (χ1) is 6.75. The quantitative estimate of drug-likeness (QED) is 0.708. The third kappa shape index (κ3) is 1.76. The van der Waals surface area contributed by atoms with Gasteiger partial charge < -0.3 is 10.4 Å². The predicted octanol–water partition coefficient (Wildman–Crippen LogP) is 2.07. The van der Waals surface area contributed by atoms with Crippen LogP contribution in [0.25, 0.3) is 0 Å². The Bertz CT molecular complexity index is 379. The highest BCUT2D eigenvalue weighted by Gasteiger charge is 2.09. The minimum absolute atomic E-state index is 0.0773. The molecule has 2 rings (SSSR count). The molecule has 3 heteroatoms. The zero-order valence-corrected chi connectivity index (χ0v) is 7.94. The van der Waals surface area contributed by atoms with Crippen LogP contribution in [-0.4, -0.2) is 11.3 Å². The lowest BCUT2D eigenvalue weighted by Gasteiger charge is -2.16. The maximum Gasteiger partial charge on any atom is 0.149 e. The Morgan fingerprint density at radius 3 is 2.57 bits per heavy atom. The van der Waals surface area contributed by atoms with E-state index in [-0.39, 0.29) is 11.9 Å². The Balaban J connectivity index is 2.18. The van der Waals surface area contributed by atoms with Crippen LogP contribution in [0.3, 0.4) is 0 Å². The maximum absolute atomic E-state index is 9.07. The van der Waals surface area contributed by atoms with E-state index in [0.29, 0.717) is 0 Å². The van der Waals surface area contributed by atoms with E-state index in [2.05, 4.69) is 10.3 Å². The van der Waals surface area contributed by atoms with Gasteiger partial charge in [-0.15, -0.1) is 0 Å². The van der Waals surface area contributed by atoms with Crippen molar-refractivity contribution in [3.63, 3.8) is 0 Å². The number of aliphatic hydroxyl groups excluding tert-OH is 1. The minimum atomic E-state index is -0.0773. The Morgan fingerprint density at radius 1 is 1.29 bits per heavy atom. The summed E-state index contributed by atoms with van der Waals surface area (Å²) in [4.78, 5) is 4.16. The van der Waals surface area contributed by atoms with Gasteiger partial charge in [0.1, 0.15) is 11.9 Å². The molecule has 0 amide bonds. The second-order valence-electron chi connectivity index (χ2n) is 3.33. The number of hydrogen-bond acceptors (Lipinski definition) is 3. The van der Waals surface area contributed by atoms with Gasteiger partial charge in [0.05, 0.1) is 6.21 Å². The van der Waals surface area contributed by atoms with Crippen molar-refractivity contribution in [3.05, 3.63) is 47.4 Å². The summed E-state index contributed by atoms with van der Waals surface area (Å²) in [6, 6.07) is 8.15. The molecule has 0 bridgehead atoms. The van der Waals surface area contributed by atoms with Crippen molar-refractivity contribution < 1.29 is 5.11 Å². The smallest absolute Gasteiger partial charge is 0.149 e. The topological polar surface area (TPSA) is 44.6 Å². The number of rotatable bonds is 1. The molecule has 14 heavy (non-hydrogen) atoms. The van der Waals surface area contributed by atoms with Gasteiger partial charge in [-0.3, -0.25) is 4.99 Å². The number of nitrogens with one attached hydrogen (secondary N) is 1. The van der Waals surface area contributed by atoms with Gasteiger partial charge in [-0.25, -0.2) is 0 Å². The van der Waals surface area contributed by atoms with Crippen LogP contribution in [0.5, 0.6) is 0 Å². The summed E-state index contributed by atoms with van der Waals surface area (Å²) in [6.45, 7) is 2.05. The van der Waals surface area contributed by atoms with Gasteiger partial charge in [0, 0.05) is 6.20 Å². The summed E-state index contributed by atoms with van der Waals surface area (Å²) in [7, 11) is 0. The standard InChI is InChI=1S/C11H12N2O/c1-8-2-4-9(5-3-8)11-12-6-10(14)7-13-11/h2-7,11-12,14H,1H3. The molecule has 0 fully saturated rings. The monoisotopic (exact) mass is 188 g/mol. The van der Waals surface area contributed by atoms with Gasteiger partial charge in [-0.05, 0) is 12.5 Å². The Morgan fingerprint density at radius 2 is 2.00 bits per heavy atom. The van der Waals surface area contributed by atoms with E-state index in [1.807, 2.05) is 31.2 Å². The fourth-order valence-corrected chi connectivity index (χ4v) is 1.33. The van der Waals surface area contributed by atoms with E-state index < -0.39 is 0 Å². The van der Waals surface area contributed by atoms with E-state index >= 15 is 0 Å². The Labute approximate surface area is 82.8 Å². The molecule has 1 unspecified atom stereocenters. The van der Waals surface area contributed by atoms with Crippen molar-refractivity contribution in [3.8, 4) is 0 Å². The molecule has 1 aliphatic heterocycles. The molecule has 0 radical (unpaired) electrons. The van der Waals surface area contributed by atoms with Crippen molar-refractivity contribution in [1.29, 1.82) is 0 Å². The molecule has 0 aliphatic carbocycles. The van der Waals surface area contributed by atoms with E-state index in [1.165, 1.54) is 11.8 Å². The molecule has 3 nitrogen and oxygen atoms in total. The van der Waals surface area contributed by atoms with Crippen LogP contribution in [0.2, 0.25) is 0 Å². The van der Waals surface area contributed by atoms with Crippen LogP contribution in [-0.2, 0) is 0 Å². The molecule has 0 aromatic heterocycles. The highest BCUT2D eigenvalue weighted by Crippen LogP contribution is 2.16. The lowest BCUT2D eigenvalue weighted by atomic mass is 10.1. The second kappa shape index (κ2) is 3.54. The van der Waals surface area contributed by atoms with Crippen molar-refractivity contribution in [2.75, 3.05) is 0 Å². The van der Waals surface area contributed by atoms with Crippen molar-refractivity contribution in [2.24, 2.45) is 4.99 Å². The zero-order chi connectivity index (χ0) is 9.97. The lowest BCUT2D eigenvalue weighted by molar-refractivity contribution is 0.430. The average Bonchev–Trinajstić information content (AvgIpc) is 2.21. The van der Waals surface area contributed by atoms with E-state index in [0.717, 1.165) is 5.56 Å². The Hall–Kier alpha value is -1.77. The fraction of sp³-hybridized carbons (Fsp3) is 0.182. The van der Waals surface area contributed by atoms with Gasteiger partial charge in [0.25, 0.3) is 0 Å². The largest absolute Gasteiger partial charge is 0.505 e. The molecule has 1 heterocycles. The molecule has 72 valence electrons. The van der Waals surface area contributed by atoms with E-state index in [1.54, 1.807) is 6.20 Å². The van der Waals surface area contributed by atoms with Crippen molar-refractivity contribution >= 4 is 6.21 Å². The summed E-state index contributed by atoms with van der Waals surface area (Å²) in [5.74, 6) is 0.161. The molecule has 0 spiro atoms. The zero-order valence-electron chi connectivity index (χ0n) is 7.94. The normalized spacial score (nSPS) is 20.1. The number of aliphatic imine (C=N–C) groups is 1. The molecule has 2 N–H and O–H groups in total. The first-order valence-electron chi connectivity index (χ1n) is 4.50. The molecule has 0 saturated carbocycles. The molecule has 1 aromatic carbocycles. The summed E-state index contributed by atoms with van der Waals surface area (Å²) in [5.41, 5.74) is 2.32. The maximum atomic E-state index is 9.07. The molecule has 1 aromatic rings. The molecule has 1 atom stereocenters. The third-order valence-electron chi connectivity index (χ3n) is 2.14. The van der Waals surface area contributed by atoms with Gasteiger partial charge in [0.15, 0.2) is 0 Å². The van der Waals surface area contributed by atoms with E-state index in [4.69, 9.17) is 5.11 Å². The lowest BCUT2D eigenvalue weighted by Crippen LogP contribution is -2.18. The fourth-order valence-electron chi connectivity index (χ4n) is 1.33. The van der Waals surface area contributed by atoms with Crippen LogP contribution in [0.1, 0.15) is 17.3 Å². The minimum Gasteiger partial charge on any atom is -0.505 e. The van der Waals surface area contributed by atoms with Crippen LogP contribution >= 0.6 is 0 Å². The van der Waals surface area contributed by atoms with Gasteiger partial charge >= 0.3 is 0 Å². The number of hydrogen-bond donors (Lipinski definition) is 2. The van der Waals surface area contributed by atoms with Crippen LogP contribution in [0.4, 0.5) is 0 Å². The number of aliphatic hydroxyl groups is 1. The first kappa shape index (κ1) is 8.81. The highest BCUT2D eigenvalue weighted by molar-refractivity contribution is 5.76. The molecule has 1 aliphatic rings. The van der Waals surface area contributed by atoms with Crippen molar-refractivity contribution in [2.45, 2.75) is 13.1 Å². The van der Waals surface area contributed by atoms with Gasteiger partial charge in [-0.1, -0.05) is 29.8 Å². The van der Waals surface area contributed by atoms with Crippen LogP contribution < -0.4 is 5.32 Å². The summed E-state index contributed by atoms with van der Waals surface area (Å²) in [5, 5.41) is 12.1. The first-order valence-corrected chi connectivity index (χ1v) is 4.50. The number of nitrogens with zero attached hydrogens (tertiary/aromatic N) is 1. The molecular weight excluding hydrogens is 176 g/mol. The van der Waals surface area contributed by atoms with E-state index in [9.17, 15) is 0 Å². The Kier molecular flexibility index (Phi) is 2.23. The number of benzene rings is 1. The highest BCUT2D eigenvalue weighted by atomic mass is 16.3. The number of allylic oxidation sites excluding steroid dienone is 1.